The molecule has 0 aliphatic carbocycles. The van der Waals surface area contributed by atoms with E-state index in [0.717, 1.165) is 6.26 Å². The molecule has 1 aromatic heterocycles. The fourth-order valence-corrected chi connectivity index (χ4v) is 3.33. The van der Waals surface area contributed by atoms with Gasteiger partial charge in [0.05, 0.1) is 24.8 Å². The lowest BCUT2D eigenvalue weighted by molar-refractivity contribution is -0.121. The van der Waals surface area contributed by atoms with Crippen LogP contribution in [0.2, 0.25) is 5.02 Å². The average Bonchev–Trinajstić information content (AvgIpc) is 3.01. The van der Waals surface area contributed by atoms with Crippen molar-refractivity contribution < 1.29 is 17.6 Å². The van der Waals surface area contributed by atoms with E-state index in [0.29, 0.717) is 29.4 Å². The molecule has 0 aliphatic heterocycles. The molecule has 1 N–H and O–H groups in total. The Morgan fingerprint density at radius 2 is 2.08 bits per heavy atom. The van der Waals surface area contributed by atoms with Gasteiger partial charge < -0.3 is 9.73 Å². The Morgan fingerprint density at radius 3 is 2.71 bits per heavy atom. The zero-order valence-corrected chi connectivity index (χ0v) is 14.8. The number of anilines is 1. The summed E-state index contributed by atoms with van der Waals surface area (Å²) < 4.78 is 30.3. The quantitative estimate of drug-likeness (QED) is 0.774. The molecule has 0 aliphatic rings. The summed E-state index contributed by atoms with van der Waals surface area (Å²) >= 11 is 5.92. The van der Waals surface area contributed by atoms with Gasteiger partial charge in [-0.25, -0.2) is 8.42 Å². The molecule has 1 aromatic carbocycles. The van der Waals surface area contributed by atoms with Crippen molar-refractivity contribution in [1.29, 1.82) is 0 Å². The molecule has 1 amide bonds. The third-order valence-corrected chi connectivity index (χ3v) is 4.73. The highest BCUT2D eigenvalue weighted by atomic mass is 35.5. The minimum absolute atomic E-state index is 0.161. The Morgan fingerprint density at radius 1 is 1.29 bits per heavy atom. The third-order valence-electron chi connectivity index (χ3n) is 3.30. The summed E-state index contributed by atoms with van der Waals surface area (Å²) in [6, 6.07) is 10.1. The second-order valence-corrected chi connectivity index (χ2v) is 7.62. The maximum absolute atomic E-state index is 12.0. The summed E-state index contributed by atoms with van der Waals surface area (Å²) in [6.07, 6.45) is 3.28. The number of carbonyl (C=O) groups excluding carboxylic acids is 1. The van der Waals surface area contributed by atoms with E-state index in [1.165, 1.54) is 10.6 Å². The molecule has 0 fully saturated rings. The third kappa shape index (κ3) is 5.58. The normalized spacial score (nSPS) is 11.2. The zero-order valence-electron chi connectivity index (χ0n) is 13.2. The molecule has 0 radical (unpaired) electrons. The van der Waals surface area contributed by atoms with Crippen molar-refractivity contribution in [3.05, 3.63) is 53.4 Å². The van der Waals surface area contributed by atoms with Gasteiger partial charge in [0.25, 0.3) is 0 Å². The van der Waals surface area contributed by atoms with Gasteiger partial charge in [-0.05, 0) is 36.8 Å². The van der Waals surface area contributed by atoms with Crippen LogP contribution in [0.1, 0.15) is 18.6 Å². The lowest BCUT2D eigenvalue weighted by atomic mass is 10.2. The van der Waals surface area contributed by atoms with Crippen LogP contribution >= 0.6 is 11.6 Å². The number of hydrogen-bond donors (Lipinski definition) is 1. The lowest BCUT2D eigenvalue weighted by Gasteiger charge is -2.22. The molecular formula is C16H19ClN2O4S. The zero-order chi connectivity index (χ0) is 17.6. The minimum Gasteiger partial charge on any atom is -0.467 e. The van der Waals surface area contributed by atoms with E-state index in [2.05, 4.69) is 5.32 Å². The van der Waals surface area contributed by atoms with E-state index in [-0.39, 0.29) is 18.9 Å². The van der Waals surface area contributed by atoms with Crippen molar-refractivity contribution in [3.8, 4) is 0 Å². The molecule has 2 rings (SSSR count). The predicted molar refractivity (Wildman–Crippen MR) is 93.4 cm³/mol. The van der Waals surface area contributed by atoms with E-state index in [1.54, 1.807) is 36.4 Å². The van der Waals surface area contributed by atoms with Gasteiger partial charge in [0.1, 0.15) is 5.76 Å². The number of benzene rings is 1. The molecule has 1 heterocycles. The number of amides is 1. The first kappa shape index (κ1) is 18.4. The van der Waals surface area contributed by atoms with E-state index >= 15 is 0 Å². The first-order valence-electron chi connectivity index (χ1n) is 7.38. The Balaban J connectivity index is 1.88. The summed E-state index contributed by atoms with van der Waals surface area (Å²) in [5.74, 6) is 0.506. The summed E-state index contributed by atoms with van der Waals surface area (Å²) in [4.78, 5) is 11.8. The van der Waals surface area contributed by atoms with Gasteiger partial charge in [-0.3, -0.25) is 9.10 Å². The van der Waals surface area contributed by atoms with Crippen LogP contribution in [-0.2, 0) is 21.4 Å². The largest absolute Gasteiger partial charge is 0.467 e. The Kier molecular flexibility index (Phi) is 6.28. The van der Waals surface area contributed by atoms with Crippen LogP contribution < -0.4 is 9.62 Å². The molecule has 0 saturated heterocycles. The monoisotopic (exact) mass is 370 g/mol. The molecule has 130 valence electrons. The lowest BCUT2D eigenvalue weighted by Crippen LogP contribution is -2.32. The molecule has 6 nitrogen and oxygen atoms in total. The molecule has 8 heteroatoms. The molecular weight excluding hydrogens is 352 g/mol. The second kappa shape index (κ2) is 8.21. The number of furan rings is 1. The molecule has 0 unspecified atom stereocenters. The number of hydrogen-bond acceptors (Lipinski definition) is 4. The van der Waals surface area contributed by atoms with Crippen molar-refractivity contribution in [1.82, 2.24) is 5.32 Å². The number of rotatable bonds is 8. The summed E-state index contributed by atoms with van der Waals surface area (Å²) in [5, 5.41) is 3.18. The summed E-state index contributed by atoms with van der Waals surface area (Å²) in [6.45, 7) is 0.517. The predicted octanol–water partition coefficient (Wildman–Crippen LogP) is 2.80. The van der Waals surface area contributed by atoms with Crippen LogP contribution in [0, 0.1) is 0 Å². The topological polar surface area (TPSA) is 79.6 Å². The first-order chi connectivity index (χ1) is 11.4. The maximum Gasteiger partial charge on any atom is 0.232 e. The summed E-state index contributed by atoms with van der Waals surface area (Å²) in [5.41, 5.74) is 0.487. The molecule has 24 heavy (non-hydrogen) atoms. The van der Waals surface area contributed by atoms with Gasteiger partial charge >= 0.3 is 0 Å². The van der Waals surface area contributed by atoms with Gasteiger partial charge in [-0.15, -0.1) is 0 Å². The highest BCUT2D eigenvalue weighted by molar-refractivity contribution is 7.92. The van der Waals surface area contributed by atoms with E-state index in [9.17, 15) is 13.2 Å². The van der Waals surface area contributed by atoms with Gasteiger partial charge in [0.2, 0.25) is 15.9 Å². The van der Waals surface area contributed by atoms with Crippen molar-refractivity contribution >= 4 is 33.2 Å². The maximum atomic E-state index is 12.0. The van der Waals surface area contributed by atoms with Crippen LogP contribution in [-0.4, -0.2) is 27.1 Å². The highest BCUT2D eigenvalue weighted by Crippen LogP contribution is 2.22. The number of sulfonamides is 1. The van der Waals surface area contributed by atoms with Gasteiger partial charge in [0, 0.05) is 18.0 Å². The molecule has 0 spiro atoms. The Labute approximate surface area is 146 Å². The van der Waals surface area contributed by atoms with E-state index in [4.69, 9.17) is 16.0 Å². The fraction of sp³-hybridized carbons (Fsp3) is 0.312. The van der Waals surface area contributed by atoms with Crippen molar-refractivity contribution in [2.24, 2.45) is 0 Å². The van der Waals surface area contributed by atoms with Crippen LogP contribution in [0.5, 0.6) is 0 Å². The van der Waals surface area contributed by atoms with Crippen molar-refractivity contribution in [3.63, 3.8) is 0 Å². The minimum atomic E-state index is -3.45. The number of halogens is 1. The van der Waals surface area contributed by atoms with Gasteiger partial charge in [-0.2, -0.15) is 0 Å². The highest BCUT2D eigenvalue weighted by Gasteiger charge is 2.17. The second-order valence-electron chi connectivity index (χ2n) is 5.27. The van der Waals surface area contributed by atoms with Crippen LogP contribution in [0.4, 0.5) is 5.69 Å². The van der Waals surface area contributed by atoms with Crippen molar-refractivity contribution in [2.45, 2.75) is 19.4 Å². The van der Waals surface area contributed by atoms with Crippen molar-refractivity contribution in [2.75, 3.05) is 17.1 Å². The summed E-state index contributed by atoms with van der Waals surface area (Å²) in [7, 11) is -3.45. The van der Waals surface area contributed by atoms with Gasteiger partial charge in [0.15, 0.2) is 0 Å². The number of carbonyl (C=O) groups is 1. The SMILES string of the molecule is CS(=O)(=O)N(CCCC(=O)NCc1ccco1)c1cccc(Cl)c1. The van der Waals surface area contributed by atoms with Crippen LogP contribution in [0.3, 0.4) is 0 Å². The molecule has 0 atom stereocenters. The first-order valence-corrected chi connectivity index (χ1v) is 9.61. The van der Waals surface area contributed by atoms with Gasteiger partial charge in [-0.1, -0.05) is 17.7 Å². The number of nitrogens with one attached hydrogen (secondary N) is 1. The van der Waals surface area contributed by atoms with E-state index in [1.807, 2.05) is 0 Å². The fourth-order valence-electron chi connectivity index (χ4n) is 2.19. The average molecular weight is 371 g/mol. The van der Waals surface area contributed by atoms with Crippen LogP contribution in [0.25, 0.3) is 0 Å². The molecule has 0 bridgehead atoms. The number of nitrogens with zero attached hydrogens (tertiary/aromatic N) is 1. The van der Waals surface area contributed by atoms with E-state index < -0.39 is 10.0 Å². The molecule has 2 aromatic rings. The smallest absolute Gasteiger partial charge is 0.232 e. The Hall–Kier alpha value is -1.99. The Bertz CT molecular complexity index is 775. The standard InChI is InChI=1S/C16H19ClN2O4S/c1-24(21,22)19(14-6-2-5-13(17)11-14)9-3-8-16(20)18-12-15-7-4-10-23-15/h2,4-7,10-11H,3,8-9,12H2,1H3,(H,18,20). The van der Waals surface area contributed by atoms with Crippen LogP contribution in [0.15, 0.2) is 47.1 Å². The molecule has 0 saturated carbocycles.